The van der Waals surface area contributed by atoms with Crippen LogP contribution in [0.3, 0.4) is 0 Å². The van der Waals surface area contributed by atoms with Crippen LogP contribution in [-0.2, 0) is 6.54 Å². The quantitative estimate of drug-likeness (QED) is 0.618. The van der Waals surface area contributed by atoms with Gasteiger partial charge < -0.3 is 5.73 Å². The lowest BCUT2D eigenvalue weighted by Crippen LogP contribution is -2.15. The molecule has 0 saturated heterocycles. The first-order chi connectivity index (χ1) is 12.8. The van der Waals surface area contributed by atoms with Crippen molar-refractivity contribution in [1.29, 1.82) is 0 Å². The molecular formula is C20H17N5O. The lowest BCUT2D eigenvalue weighted by molar-refractivity contribution is 0.821. The van der Waals surface area contributed by atoms with Gasteiger partial charge in [0.15, 0.2) is 5.69 Å². The predicted octanol–water partition coefficient (Wildman–Crippen LogP) is 2.54. The zero-order valence-corrected chi connectivity index (χ0v) is 14.0. The summed E-state index contributed by atoms with van der Waals surface area (Å²) in [6.07, 6.45) is 3.32. The highest BCUT2D eigenvalue weighted by atomic mass is 16.1. The summed E-state index contributed by atoms with van der Waals surface area (Å²) in [5.74, 6) is 0. The van der Waals surface area contributed by atoms with Crippen molar-refractivity contribution >= 4 is 0 Å². The first-order valence-corrected chi connectivity index (χ1v) is 8.25. The first-order valence-electron chi connectivity index (χ1n) is 8.25. The second kappa shape index (κ2) is 6.78. The number of benzene rings is 2. The van der Waals surface area contributed by atoms with E-state index in [0.717, 1.165) is 16.9 Å². The average Bonchev–Trinajstić information content (AvgIpc) is 3.18. The van der Waals surface area contributed by atoms with E-state index in [-0.39, 0.29) is 5.43 Å². The van der Waals surface area contributed by atoms with Crippen LogP contribution in [0, 0.1) is 0 Å². The molecule has 0 saturated carbocycles. The van der Waals surface area contributed by atoms with Gasteiger partial charge in [-0.3, -0.25) is 4.79 Å². The Kier molecular flexibility index (Phi) is 4.17. The Hall–Kier alpha value is -3.51. The van der Waals surface area contributed by atoms with E-state index in [9.17, 15) is 4.79 Å². The molecule has 0 aliphatic heterocycles. The second-order valence-corrected chi connectivity index (χ2v) is 5.81. The number of aromatic nitrogens is 4. The summed E-state index contributed by atoms with van der Waals surface area (Å²) in [5.41, 5.74) is 9.26. The molecule has 6 heteroatoms. The van der Waals surface area contributed by atoms with Gasteiger partial charge in [0.05, 0.1) is 23.3 Å². The summed E-state index contributed by atoms with van der Waals surface area (Å²) in [6.45, 7) is 0.446. The minimum absolute atomic E-state index is 0.158. The topological polar surface area (TPSA) is 78.7 Å². The van der Waals surface area contributed by atoms with E-state index < -0.39 is 0 Å². The number of hydrogen-bond acceptors (Lipinski definition) is 4. The van der Waals surface area contributed by atoms with E-state index >= 15 is 0 Å². The van der Waals surface area contributed by atoms with Crippen LogP contribution in [0.25, 0.3) is 22.8 Å². The maximum absolute atomic E-state index is 12.5. The van der Waals surface area contributed by atoms with E-state index in [0.29, 0.717) is 17.9 Å². The van der Waals surface area contributed by atoms with Crippen molar-refractivity contribution in [3.63, 3.8) is 0 Å². The largest absolute Gasteiger partial charge is 0.326 e. The maximum Gasteiger partial charge on any atom is 0.209 e. The minimum Gasteiger partial charge on any atom is -0.326 e. The molecule has 6 nitrogen and oxygen atoms in total. The molecule has 0 radical (unpaired) electrons. The van der Waals surface area contributed by atoms with Gasteiger partial charge in [-0.2, -0.15) is 10.2 Å². The Morgan fingerprint density at radius 1 is 0.923 bits per heavy atom. The molecule has 2 aromatic carbocycles. The SMILES string of the molecule is NCc1cccc(-n2ccc(=O)c(-c3ccnn3-c3ccccc3)n2)c1. The van der Waals surface area contributed by atoms with Crippen molar-refractivity contribution in [1.82, 2.24) is 19.6 Å². The number of rotatable bonds is 4. The van der Waals surface area contributed by atoms with Gasteiger partial charge in [0, 0.05) is 18.8 Å². The highest BCUT2D eigenvalue weighted by Gasteiger charge is 2.13. The Labute approximate surface area is 150 Å². The first kappa shape index (κ1) is 16.0. The number of hydrogen-bond donors (Lipinski definition) is 1. The molecule has 128 valence electrons. The van der Waals surface area contributed by atoms with E-state index in [1.54, 1.807) is 27.8 Å². The zero-order chi connectivity index (χ0) is 17.9. The molecule has 2 N–H and O–H groups in total. The Bertz CT molecular complexity index is 1100. The molecule has 0 bridgehead atoms. The van der Waals surface area contributed by atoms with Crippen LogP contribution in [0.1, 0.15) is 5.56 Å². The van der Waals surface area contributed by atoms with E-state index in [2.05, 4.69) is 10.2 Å². The molecule has 0 aliphatic rings. The van der Waals surface area contributed by atoms with Crippen LogP contribution in [0.15, 0.2) is 83.9 Å². The monoisotopic (exact) mass is 343 g/mol. The van der Waals surface area contributed by atoms with Crippen LogP contribution in [0.4, 0.5) is 0 Å². The standard InChI is InChI=1S/C20H17N5O/c21-14-15-5-4-8-17(13-15)24-12-10-19(26)20(23-24)18-9-11-22-25(18)16-6-2-1-3-7-16/h1-13H,14,21H2. The summed E-state index contributed by atoms with van der Waals surface area (Å²) >= 11 is 0. The lowest BCUT2D eigenvalue weighted by atomic mass is 10.2. The van der Waals surface area contributed by atoms with Gasteiger partial charge in [0.1, 0.15) is 0 Å². The van der Waals surface area contributed by atoms with Gasteiger partial charge in [-0.15, -0.1) is 0 Å². The van der Waals surface area contributed by atoms with Gasteiger partial charge in [0.2, 0.25) is 5.43 Å². The van der Waals surface area contributed by atoms with Crippen molar-refractivity contribution in [2.24, 2.45) is 5.73 Å². The molecule has 26 heavy (non-hydrogen) atoms. The van der Waals surface area contributed by atoms with Crippen molar-refractivity contribution in [3.05, 3.63) is 94.9 Å². The van der Waals surface area contributed by atoms with Crippen molar-refractivity contribution in [3.8, 4) is 22.8 Å². The molecule has 0 unspecified atom stereocenters. The van der Waals surface area contributed by atoms with Crippen molar-refractivity contribution < 1.29 is 0 Å². The maximum atomic E-state index is 12.5. The molecule has 0 fully saturated rings. The summed E-state index contributed by atoms with van der Waals surface area (Å²) in [4.78, 5) is 12.5. The fourth-order valence-electron chi connectivity index (χ4n) is 2.81. The van der Waals surface area contributed by atoms with Crippen LogP contribution in [0.5, 0.6) is 0 Å². The highest BCUT2D eigenvalue weighted by molar-refractivity contribution is 5.57. The molecule has 4 aromatic rings. The van der Waals surface area contributed by atoms with Gasteiger partial charge >= 0.3 is 0 Å². The van der Waals surface area contributed by atoms with Crippen LogP contribution in [-0.4, -0.2) is 19.6 Å². The van der Waals surface area contributed by atoms with Crippen LogP contribution >= 0.6 is 0 Å². The summed E-state index contributed by atoms with van der Waals surface area (Å²) in [7, 11) is 0. The van der Waals surface area contributed by atoms with Crippen LogP contribution in [0.2, 0.25) is 0 Å². The third kappa shape index (κ3) is 2.94. The normalized spacial score (nSPS) is 10.8. The highest BCUT2D eigenvalue weighted by Crippen LogP contribution is 2.18. The van der Waals surface area contributed by atoms with Gasteiger partial charge in [-0.25, -0.2) is 9.36 Å². The van der Waals surface area contributed by atoms with Crippen LogP contribution < -0.4 is 11.2 Å². The Morgan fingerprint density at radius 3 is 2.54 bits per heavy atom. The fraction of sp³-hybridized carbons (Fsp3) is 0.0500. The van der Waals surface area contributed by atoms with E-state index in [4.69, 9.17) is 5.73 Å². The van der Waals surface area contributed by atoms with Gasteiger partial charge in [-0.1, -0.05) is 30.3 Å². The molecule has 2 heterocycles. The second-order valence-electron chi connectivity index (χ2n) is 5.81. The molecule has 4 rings (SSSR count). The van der Waals surface area contributed by atoms with E-state index in [1.807, 2.05) is 54.6 Å². The smallest absolute Gasteiger partial charge is 0.209 e. The molecule has 2 aromatic heterocycles. The van der Waals surface area contributed by atoms with Crippen molar-refractivity contribution in [2.45, 2.75) is 6.54 Å². The van der Waals surface area contributed by atoms with Gasteiger partial charge in [-0.05, 0) is 35.9 Å². The minimum atomic E-state index is -0.158. The third-order valence-corrected chi connectivity index (χ3v) is 4.11. The Balaban J connectivity index is 1.84. The molecule has 0 aliphatic carbocycles. The third-order valence-electron chi connectivity index (χ3n) is 4.11. The fourth-order valence-corrected chi connectivity index (χ4v) is 2.81. The lowest BCUT2D eigenvalue weighted by Gasteiger charge is -2.10. The summed E-state index contributed by atoms with van der Waals surface area (Å²) in [6, 6.07) is 20.7. The number of nitrogens with two attached hydrogens (primary N) is 1. The molecule has 0 amide bonds. The predicted molar refractivity (Wildman–Crippen MR) is 100 cm³/mol. The van der Waals surface area contributed by atoms with Crippen molar-refractivity contribution in [2.75, 3.05) is 0 Å². The summed E-state index contributed by atoms with van der Waals surface area (Å²) < 4.78 is 3.39. The number of nitrogens with zero attached hydrogens (tertiary/aromatic N) is 4. The average molecular weight is 343 g/mol. The number of para-hydroxylation sites is 1. The molecule has 0 spiro atoms. The zero-order valence-electron chi connectivity index (χ0n) is 14.0. The summed E-state index contributed by atoms with van der Waals surface area (Å²) in [5, 5.41) is 8.89. The van der Waals surface area contributed by atoms with Gasteiger partial charge in [0.25, 0.3) is 0 Å². The molecule has 0 atom stereocenters. The molecular weight excluding hydrogens is 326 g/mol. The Morgan fingerprint density at radius 2 is 1.73 bits per heavy atom. The van der Waals surface area contributed by atoms with E-state index in [1.165, 1.54) is 6.07 Å².